The SMILES string of the molecule is COCc1c(C(=O)NCCCN)sc2cccc(F)c12.Cl. The fraction of sp³-hybridized carbons (Fsp3) is 0.357. The molecule has 0 atom stereocenters. The molecule has 0 spiro atoms. The van der Waals surface area contributed by atoms with Crippen molar-refractivity contribution in [3.8, 4) is 0 Å². The van der Waals surface area contributed by atoms with Crippen LogP contribution in [0, 0.1) is 5.82 Å². The number of amides is 1. The average Bonchev–Trinajstić information content (AvgIpc) is 2.80. The number of carbonyl (C=O) groups excluding carboxylic acids is 1. The van der Waals surface area contributed by atoms with Crippen molar-refractivity contribution >= 4 is 39.7 Å². The van der Waals surface area contributed by atoms with Gasteiger partial charge < -0.3 is 15.8 Å². The molecule has 1 aromatic heterocycles. The molecule has 1 amide bonds. The van der Waals surface area contributed by atoms with Gasteiger partial charge in [-0.1, -0.05) is 6.07 Å². The van der Waals surface area contributed by atoms with Crippen molar-refractivity contribution in [1.29, 1.82) is 0 Å². The smallest absolute Gasteiger partial charge is 0.261 e. The van der Waals surface area contributed by atoms with E-state index in [4.69, 9.17) is 10.5 Å². The molecule has 3 N–H and O–H groups in total. The summed E-state index contributed by atoms with van der Waals surface area (Å²) in [5.74, 6) is -0.530. The normalized spacial score (nSPS) is 10.4. The Morgan fingerprint density at radius 2 is 2.24 bits per heavy atom. The van der Waals surface area contributed by atoms with Crippen molar-refractivity contribution < 1.29 is 13.9 Å². The van der Waals surface area contributed by atoms with Crippen molar-refractivity contribution in [3.63, 3.8) is 0 Å². The third-order valence-corrected chi connectivity index (χ3v) is 4.12. The lowest BCUT2D eigenvalue weighted by molar-refractivity contribution is 0.0953. The van der Waals surface area contributed by atoms with Crippen LogP contribution in [0.1, 0.15) is 21.7 Å². The second-order valence-corrected chi connectivity index (χ2v) is 5.41. The minimum Gasteiger partial charge on any atom is -0.380 e. The van der Waals surface area contributed by atoms with Gasteiger partial charge in [-0.25, -0.2) is 4.39 Å². The van der Waals surface area contributed by atoms with Gasteiger partial charge >= 0.3 is 0 Å². The topological polar surface area (TPSA) is 64.3 Å². The third-order valence-electron chi connectivity index (χ3n) is 2.92. The summed E-state index contributed by atoms with van der Waals surface area (Å²) in [4.78, 5) is 12.7. The maximum absolute atomic E-state index is 14.0. The Morgan fingerprint density at radius 3 is 2.90 bits per heavy atom. The van der Waals surface area contributed by atoms with Crippen molar-refractivity contribution in [3.05, 3.63) is 34.5 Å². The molecule has 4 nitrogen and oxygen atoms in total. The predicted molar refractivity (Wildman–Crippen MR) is 85.7 cm³/mol. The van der Waals surface area contributed by atoms with E-state index in [2.05, 4.69) is 5.32 Å². The molecule has 116 valence electrons. The highest BCUT2D eigenvalue weighted by atomic mass is 35.5. The lowest BCUT2D eigenvalue weighted by atomic mass is 10.1. The Morgan fingerprint density at radius 1 is 1.48 bits per heavy atom. The molecule has 2 aromatic rings. The van der Waals surface area contributed by atoms with Gasteiger partial charge in [0.05, 0.1) is 11.5 Å². The Hall–Kier alpha value is -1.21. The molecule has 7 heteroatoms. The van der Waals surface area contributed by atoms with E-state index >= 15 is 0 Å². The predicted octanol–water partition coefficient (Wildman–Crippen LogP) is 2.69. The van der Waals surface area contributed by atoms with E-state index in [-0.39, 0.29) is 30.7 Å². The van der Waals surface area contributed by atoms with Crippen LogP contribution in [0.15, 0.2) is 18.2 Å². The number of hydrogen-bond acceptors (Lipinski definition) is 4. The van der Waals surface area contributed by atoms with Gasteiger partial charge in [-0.3, -0.25) is 4.79 Å². The zero-order valence-electron chi connectivity index (χ0n) is 11.6. The molecule has 0 saturated heterocycles. The summed E-state index contributed by atoms with van der Waals surface area (Å²) in [5, 5.41) is 3.27. The first-order valence-electron chi connectivity index (χ1n) is 6.36. The van der Waals surface area contributed by atoms with Crippen LogP contribution in [0.25, 0.3) is 10.1 Å². The van der Waals surface area contributed by atoms with E-state index in [1.165, 1.54) is 24.5 Å². The van der Waals surface area contributed by atoms with Crippen LogP contribution in [-0.2, 0) is 11.3 Å². The molecule has 2 rings (SSSR count). The van der Waals surface area contributed by atoms with Gasteiger partial charge in [0, 0.05) is 29.3 Å². The molecule has 1 aromatic carbocycles. The summed E-state index contributed by atoms with van der Waals surface area (Å²) in [6, 6.07) is 4.84. The molecule has 0 aliphatic rings. The number of nitrogens with one attached hydrogen (secondary N) is 1. The first kappa shape index (κ1) is 17.8. The van der Waals surface area contributed by atoms with E-state index in [0.29, 0.717) is 35.3 Å². The third kappa shape index (κ3) is 3.91. The molecule has 0 fully saturated rings. The molecule has 0 unspecified atom stereocenters. The zero-order chi connectivity index (χ0) is 14.5. The van der Waals surface area contributed by atoms with Crippen LogP contribution < -0.4 is 11.1 Å². The molecule has 0 saturated carbocycles. The van der Waals surface area contributed by atoms with E-state index < -0.39 is 0 Å². The summed E-state index contributed by atoms with van der Waals surface area (Å²) in [6.45, 7) is 1.24. The number of thiophene rings is 1. The van der Waals surface area contributed by atoms with Gasteiger partial charge in [-0.2, -0.15) is 0 Å². The molecule has 0 radical (unpaired) electrons. The van der Waals surface area contributed by atoms with Crippen LogP contribution in [0.3, 0.4) is 0 Å². The first-order valence-corrected chi connectivity index (χ1v) is 7.17. The maximum atomic E-state index is 14.0. The van der Waals surface area contributed by atoms with Crippen molar-refractivity contribution in [2.24, 2.45) is 5.73 Å². The van der Waals surface area contributed by atoms with Crippen molar-refractivity contribution in [1.82, 2.24) is 5.32 Å². The molecule has 1 heterocycles. The zero-order valence-corrected chi connectivity index (χ0v) is 13.3. The van der Waals surface area contributed by atoms with Gasteiger partial charge in [0.2, 0.25) is 0 Å². The molecular weight excluding hydrogens is 315 g/mol. The minimum absolute atomic E-state index is 0. The summed E-state index contributed by atoms with van der Waals surface area (Å²) in [6.07, 6.45) is 0.713. The number of hydrogen-bond donors (Lipinski definition) is 2. The molecular formula is C14H18ClFN2O2S. The number of benzene rings is 1. The standard InChI is InChI=1S/C14H17FN2O2S.ClH/c1-19-8-9-12-10(15)4-2-5-11(12)20-13(9)14(18)17-7-3-6-16;/h2,4-5H,3,6-8,16H2,1H3,(H,17,18);1H. The van der Waals surface area contributed by atoms with Gasteiger partial charge in [0.25, 0.3) is 5.91 Å². The molecule has 0 bridgehead atoms. The summed E-state index contributed by atoms with van der Waals surface area (Å²) in [5.41, 5.74) is 6.00. The van der Waals surface area contributed by atoms with Gasteiger partial charge in [-0.15, -0.1) is 23.7 Å². The summed E-state index contributed by atoms with van der Waals surface area (Å²) >= 11 is 1.28. The quantitative estimate of drug-likeness (QED) is 0.799. The lowest BCUT2D eigenvalue weighted by Crippen LogP contribution is -2.26. The summed E-state index contributed by atoms with van der Waals surface area (Å²) < 4.78 is 19.8. The highest BCUT2D eigenvalue weighted by molar-refractivity contribution is 7.21. The number of halogens is 2. The highest BCUT2D eigenvalue weighted by Crippen LogP contribution is 2.33. The molecule has 21 heavy (non-hydrogen) atoms. The fourth-order valence-corrected chi connectivity index (χ4v) is 3.16. The first-order chi connectivity index (χ1) is 9.69. The largest absolute Gasteiger partial charge is 0.380 e. The van der Waals surface area contributed by atoms with E-state index in [1.54, 1.807) is 12.1 Å². The Bertz CT molecular complexity index is 618. The van der Waals surface area contributed by atoms with Crippen molar-refractivity contribution in [2.45, 2.75) is 13.0 Å². The maximum Gasteiger partial charge on any atom is 0.261 e. The van der Waals surface area contributed by atoms with Crippen molar-refractivity contribution in [2.75, 3.05) is 20.2 Å². The number of fused-ring (bicyclic) bond motifs is 1. The van der Waals surface area contributed by atoms with Crippen LogP contribution in [0.4, 0.5) is 4.39 Å². The Labute approximate surface area is 132 Å². The second-order valence-electron chi connectivity index (χ2n) is 4.35. The highest BCUT2D eigenvalue weighted by Gasteiger charge is 2.20. The number of nitrogens with two attached hydrogens (primary N) is 1. The van der Waals surface area contributed by atoms with Crippen LogP contribution in [0.2, 0.25) is 0 Å². The average molecular weight is 333 g/mol. The van der Waals surface area contributed by atoms with E-state index in [0.717, 1.165) is 4.70 Å². The number of carbonyl (C=O) groups is 1. The van der Waals surface area contributed by atoms with Gasteiger partial charge in [-0.05, 0) is 25.1 Å². The molecule has 0 aliphatic heterocycles. The lowest BCUT2D eigenvalue weighted by Gasteiger charge is -2.05. The Balaban J connectivity index is 0.00000220. The Kier molecular flexibility index (Phi) is 7.04. The minimum atomic E-state index is -0.327. The van der Waals surface area contributed by atoms with Crippen LogP contribution >= 0.6 is 23.7 Å². The fourth-order valence-electron chi connectivity index (χ4n) is 2.02. The van der Waals surface area contributed by atoms with Crippen LogP contribution in [0.5, 0.6) is 0 Å². The number of methoxy groups -OCH3 is 1. The second kappa shape index (κ2) is 8.29. The summed E-state index contributed by atoms with van der Waals surface area (Å²) in [7, 11) is 1.53. The molecule has 0 aliphatic carbocycles. The monoisotopic (exact) mass is 332 g/mol. The van der Waals surface area contributed by atoms with Gasteiger partial charge in [0.1, 0.15) is 5.82 Å². The van der Waals surface area contributed by atoms with E-state index in [9.17, 15) is 9.18 Å². The van der Waals surface area contributed by atoms with E-state index in [1.807, 2.05) is 0 Å². The number of rotatable bonds is 6. The number of ether oxygens (including phenoxy) is 1. The van der Waals surface area contributed by atoms with Gasteiger partial charge in [0.15, 0.2) is 0 Å². The van der Waals surface area contributed by atoms with Crippen LogP contribution in [-0.4, -0.2) is 26.1 Å².